The Kier molecular flexibility index (Phi) is 4.30. The zero-order chi connectivity index (χ0) is 9.14. The lowest BCUT2D eigenvalue weighted by Gasteiger charge is -1.99. The Bertz CT molecular complexity index is 319. The van der Waals surface area contributed by atoms with Gasteiger partial charge in [-0.3, -0.25) is 10.1 Å². The summed E-state index contributed by atoms with van der Waals surface area (Å²) in [5.74, 6) is -0.633. The molecule has 0 amide bonds. The van der Waals surface area contributed by atoms with Crippen LogP contribution in [0.4, 0.5) is 10.1 Å². The molecule has 0 saturated heterocycles. The minimum Gasteiger partial charge on any atom is -0.326 e. The molecule has 0 atom stereocenters. The summed E-state index contributed by atoms with van der Waals surface area (Å²) in [5, 5.41) is 10.3. The highest BCUT2D eigenvalue weighted by Gasteiger charge is 2.15. The molecule has 0 radical (unpaired) electrons. The van der Waals surface area contributed by atoms with Crippen LogP contribution in [-0.4, -0.2) is 4.92 Å². The summed E-state index contributed by atoms with van der Waals surface area (Å²) in [4.78, 5) is 9.67. The van der Waals surface area contributed by atoms with Crippen molar-refractivity contribution in [3.05, 3.63) is 39.7 Å². The van der Waals surface area contributed by atoms with Gasteiger partial charge in [0.05, 0.1) is 10.5 Å². The molecule has 0 heterocycles. The van der Waals surface area contributed by atoms with Crippen LogP contribution >= 0.6 is 12.4 Å². The van der Waals surface area contributed by atoms with Crippen LogP contribution in [0.1, 0.15) is 5.56 Å². The smallest absolute Gasteiger partial charge is 0.276 e. The van der Waals surface area contributed by atoms with E-state index in [1.165, 1.54) is 12.1 Å². The Morgan fingerprint density at radius 2 is 2.15 bits per heavy atom. The van der Waals surface area contributed by atoms with E-state index < -0.39 is 10.7 Å². The molecule has 0 spiro atoms. The number of benzene rings is 1. The fourth-order valence-electron chi connectivity index (χ4n) is 0.920. The summed E-state index contributed by atoms with van der Waals surface area (Å²) >= 11 is 0. The van der Waals surface area contributed by atoms with Crippen LogP contribution in [0.2, 0.25) is 0 Å². The number of nitrogens with two attached hydrogens (primary N) is 1. The number of rotatable bonds is 2. The Hall–Kier alpha value is -1.20. The third kappa shape index (κ3) is 2.37. The van der Waals surface area contributed by atoms with Crippen LogP contribution in [0, 0.1) is 15.9 Å². The second-order valence-electron chi connectivity index (χ2n) is 2.20. The van der Waals surface area contributed by atoms with Gasteiger partial charge in [0.15, 0.2) is 0 Å². The number of nitro groups is 1. The molecule has 1 rings (SSSR count). The molecule has 2 N–H and O–H groups in total. The first-order chi connectivity index (χ1) is 5.66. The molecule has 0 aliphatic rings. The van der Waals surface area contributed by atoms with Gasteiger partial charge in [-0.05, 0) is 6.07 Å². The number of halogens is 2. The quantitative estimate of drug-likeness (QED) is 0.591. The second-order valence-corrected chi connectivity index (χ2v) is 2.20. The third-order valence-electron chi connectivity index (χ3n) is 1.49. The molecule has 72 valence electrons. The fraction of sp³-hybridized carbons (Fsp3) is 0.143. The molecule has 13 heavy (non-hydrogen) atoms. The van der Waals surface area contributed by atoms with Crippen molar-refractivity contribution in [2.45, 2.75) is 6.54 Å². The maximum atomic E-state index is 12.8. The van der Waals surface area contributed by atoms with Crippen molar-refractivity contribution in [1.29, 1.82) is 0 Å². The van der Waals surface area contributed by atoms with Gasteiger partial charge in [-0.25, -0.2) is 4.39 Å². The van der Waals surface area contributed by atoms with Crippen molar-refractivity contribution < 1.29 is 9.31 Å². The number of hydrogen-bond acceptors (Lipinski definition) is 3. The first-order valence-corrected chi connectivity index (χ1v) is 3.28. The molecule has 0 fully saturated rings. The highest BCUT2D eigenvalue weighted by atomic mass is 35.5. The van der Waals surface area contributed by atoms with Crippen molar-refractivity contribution in [2.24, 2.45) is 5.73 Å². The van der Waals surface area contributed by atoms with Gasteiger partial charge in [0.25, 0.3) is 5.69 Å². The zero-order valence-electron chi connectivity index (χ0n) is 6.57. The van der Waals surface area contributed by atoms with Crippen LogP contribution in [0.25, 0.3) is 0 Å². The lowest BCUT2D eigenvalue weighted by Crippen LogP contribution is -2.04. The van der Waals surface area contributed by atoms with E-state index in [4.69, 9.17) is 5.73 Å². The maximum absolute atomic E-state index is 12.8. The summed E-state index contributed by atoms with van der Waals surface area (Å²) in [7, 11) is 0. The van der Waals surface area contributed by atoms with Crippen LogP contribution in [0.5, 0.6) is 0 Å². The van der Waals surface area contributed by atoms with Crippen LogP contribution in [-0.2, 0) is 6.54 Å². The van der Waals surface area contributed by atoms with Gasteiger partial charge >= 0.3 is 0 Å². The standard InChI is InChI=1S/C7H7FN2O2.ClH/c8-6-2-1-3-7(10(11)12)5(6)4-9;/h1-3H,4,9H2;1H. The summed E-state index contributed by atoms with van der Waals surface area (Å²) < 4.78 is 12.8. The van der Waals surface area contributed by atoms with Gasteiger partial charge in [-0.15, -0.1) is 12.4 Å². The van der Waals surface area contributed by atoms with Crippen molar-refractivity contribution in [2.75, 3.05) is 0 Å². The lowest BCUT2D eigenvalue weighted by molar-refractivity contribution is -0.385. The third-order valence-corrected chi connectivity index (χ3v) is 1.49. The SMILES string of the molecule is Cl.NCc1c(F)cccc1[N+](=O)[O-]. The second kappa shape index (κ2) is 4.74. The van der Waals surface area contributed by atoms with Crippen LogP contribution in [0.3, 0.4) is 0 Å². The number of nitrogens with zero attached hydrogens (tertiary/aromatic N) is 1. The molecule has 0 saturated carbocycles. The zero-order valence-corrected chi connectivity index (χ0v) is 7.38. The van der Waals surface area contributed by atoms with Gasteiger partial charge in [-0.1, -0.05) is 6.07 Å². The van der Waals surface area contributed by atoms with E-state index in [-0.39, 0.29) is 30.2 Å². The predicted molar refractivity (Wildman–Crippen MR) is 48.2 cm³/mol. The average molecular weight is 207 g/mol. The van der Waals surface area contributed by atoms with Gasteiger partial charge < -0.3 is 5.73 Å². The predicted octanol–water partition coefficient (Wildman–Crippen LogP) is 1.61. The molecule has 0 bridgehead atoms. The normalized spacial score (nSPS) is 9.08. The molecule has 0 aliphatic heterocycles. The maximum Gasteiger partial charge on any atom is 0.276 e. The number of hydrogen-bond donors (Lipinski definition) is 1. The van der Waals surface area contributed by atoms with Crippen molar-refractivity contribution in [3.63, 3.8) is 0 Å². The summed E-state index contributed by atoms with van der Waals surface area (Å²) in [6.45, 7) is -0.164. The van der Waals surface area contributed by atoms with E-state index in [1.54, 1.807) is 0 Å². The molecule has 0 aliphatic carbocycles. The van der Waals surface area contributed by atoms with Crippen LogP contribution < -0.4 is 5.73 Å². The Labute approximate surface area is 80.1 Å². The summed E-state index contributed by atoms with van der Waals surface area (Å²) in [5.41, 5.74) is 4.83. The number of nitro benzene ring substituents is 1. The van der Waals surface area contributed by atoms with Crippen molar-refractivity contribution in [1.82, 2.24) is 0 Å². The molecule has 6 heteroatoms. The summed E-state index contributed by atoms with van der Waals surface area (Å²) in [6.07, 6.45) is 0. The molecular weight excluding hydrogens is 199 g/mol. The largest absolute Gasteiger partial charge is 0.326 e. The van der Waals surface area contributed by atoms with E-state index in [0.717, 1.165) is 6.07 Å². The van der Waals surface area contributed by atoms with E-state index >= 15 is 0 Å². The van der Waals surface area contributed by atoms with Crippen LogP contribution in [0.15, 0.2) is 18.2 Å². The van der Waals surface area contributed by atoms with Gasteiger partial charge in [-0.2, -0.15) is 0 Å². The Morgan fingerprint density at radius 3 is 2.54 bits per heavy atom. The summed E-state index contributed by atoms with van der Waals surface area (Å²) in [6, 6.07) is 3.66. The molecule has 0 unspecified atom stereocenters. The molecule has 1 aromatic rings. The Morgan fingerprint density at radius 1 is 1.54 bits per heavy atom. The minimum absolute atomic E-state index is 0. The molecule has 4 nitrogen and oxygen atoms in total. The van der Waals surface area contributed by atoms with E-state index in [2.05, 4.69) is 0 Å². The monoisotopic (exact) mass is 206 g/mol. The molecule has 1 aromatic carbocycles. The first kappa shape index (κ1) is 11.8. The minimum atomic E-state index is -0.648. The van der Waals surface area contributed by atoms with Gasteiger partial charge in [0, 0.05) is 12.6 Å². The van der Waals surface area contributed by atoms with E-state index in [0.29, 0.717) is 0 Å². The topological polar surface area (TPSA) is 69.2 Å². The van der Waals surface area contributed by atoms with Gasteiger partial charge in [0.2, 0.25) is 0 Å². The fourth-order valence-corrected chi connectivity index (χ4v) is 0.920. The van der Waals surface area contributed by atoms with Gasteiger partial charge in [0.1, 0.15) is 5.82 Å². The Balaban J connectivity index is 0.00000144. The average Bonchev–Trinajstić information content (AvgIpc) is 2.03. The van der Waals surface area contributed by atoms with E-state index in [9.17, 15) is 14.5 Å². The lowest BCUT2D eigenvalue weighted by atomic mass is 10.2. The first-order valence-electron chi connectivity index (χ1n) is 3.28. The highest BCUT2D eigenvalue weighted by molar-refractivity contribution is 5.85. The molecule has 0 aromatic heterocycles. The van der Waals surface area contributed by atoms with E-state index in [1.807, 2.05) is 0 Å². The van der Waals surface area contributed by atoms with Crippen molar-refractivity contribution >= 4 is 18.1 Å². The molecular formula is C7H8ClFN2O2. The van der Waals surface area contributed by atoms with Crippen molar-refractivity contribution in [3.8, 4) is 0 Å². The highest BCUT2D eigenvalue weighted by Crippen LogP contribution is 2.19.